The first-order valence-electron chi connectivity index (χ1n) is 8.75. The van der Waals surface area contributed by atoms with Crippen molar-refractivity contribution < 1.29 is 9.84 Å². The maximum Gasteiger partial charge on any atom is 0.160 e. The number of phenols is 1. The largest absolute Gasteiger partial charge is 0.504 e. The van der Waals surface area contributed by atoms with E-state index in [1.54, 1.807) is 13.2 Å². The number of rotatable bonds is 8. The quantitative estimate of drug-likeness (QED) is 0.667. The van der Waals surface area contributed by atoms with Gasteiger partial charge in [0.2, 0.25) is 0 Å². The Kier molecular flexibility index (Phi) is 6.23. The molecule has 0 saturated heterocycles. The van der Waals surface area contributed by atoms with Gasteiger partial charge in [-0.2, -0.15) is 0 Å². The Balaban J connectivity index is 1.73. The van der Waals surface area contributed by atoms with E-state index in [1.165, 1.54) is 11.1 Å². The Labute approximate surface area is 154 Å². The van der Waals surface area contributed by atoms with Crippen LogP contribution in [0, 0.1) is 0 Å². The number of methoxy groups -OCH3 is 1. The number of aromatic hydroxyl groups is 1. The number of phenolic OH excluding ortho intramolecular Hbond substituents is 1. The molecule has 3 rings (SSSR count). The van der Waals surface area contributed by atoms with Crippen LogP contribution >= 0.6 is 0 Å². The highest BCUT2D eigenvalue weighted by Gasteiger charge is 2.10. The van der Waals surface area contributed by atoms with Crippen molar-refractivity contribution in [2.24, 2.45) is 0 Å². The van der Waals surface area contributed by atoms with Crippen molar-refractivity contribution in [3.63, 3.8) is 0 Å². The molecule has 0 saturated carbocycles. The van der Waals surface area contributed by atoms with Gasteiger partial charge in [-0.3, -0.25) is 9.88 Å². The first-order chi connectivity index (χ1) is 12.7. The second kappa shape index (κ2) is 9.02. The highest BCUT2D eigenvalue weighted by molar-refractivity contribution is 5.41. The monoisotopic (exact) mass is 348 g/mol. The van der Waals surface area contributed by atoms with E-state index in [9.17, 15) is 5.11 Å². The molecule has 1 aromatic heterocycles. The van der Waals surface area contributed by atoms with Crippen LogP contribution in [0.3, 0.4) is 0 Å². The maximum absolute atomic E-state index is 9.81. The van der Waals surface area contributed by atoms with E-state index in [0.29, 0.717) is 5.75 Å². The molecule has 2 aromatic carbocycles. The summed E-state index contributed by atoms with van der Waals surface area (Å²) in [5.74, 6) is 0.677. The van der Waals surface area contributed by atoms with Gasteiger partial charge in [-0.15, -0.1) is 0 Å². The summed E-state index contributed by atoms with van der Waals surface area (Å²) in [4.78, 5) is 6.50. The molecule has 4 heteroatoms. The fourth-order valence-electron chi connectivity index (χ4n) is 2.97. The lowest BCUT2D eigenvalue weighted by Gasteiger charge is -2.23. The van der Waals surface area contributed by atoms with E-state index in [1.807, 2.05) is 42.7 Å². The SMILES string of the molecule is COc1cc(CN(CCc2ccccc2)Cc2ccncc2)ccc1O. The summed E-state index contributed by atoms with van der Waals surface area (Å²) in [5, 5.41) is 9.81. The molecule has 4 nitrogen and oxygen atoms in total. The molecule has 0 spiro atoms. The summed E-state index contributed by atoms with van der Waals surface area (Å²) in [6, 6.07) is 20.2. The minimum Gasteiger partial charge on any atom is -0.504 e. The normalized spacial score (nSPS) is 10.8. The summed E-state index contributed by atoms with van der Waals surface area (Å²) in [6.07, 6.45) is 4.64. The lowest BCUT2D eigenvalue weighted by molar-refractivity contribution is 0.259. The highest BCUT2D eigenvalue weighted by atomic mass is 16.5. The predicted octanol–water partition coefficient (Wildman–Crippen LogP) is 4.04. The summed E-state index contributed by atoms with van der Waals surface area (Å²) in [6.45, 7) is 2.57. The number of ether oxygens (including phenoxy) is 1. The Bertz CT molecular complexity index is 807. The van der Waals surface area contributed by atoms with E-state index in [0.717, 1.165) is 31.6 Å². The molecule has 26 heavy (non-hydrogen) atoms. The first kappa shape index (κ1) is 18.0. The third-order valence-electron chi connectivity index (χ3n) is 4.37. The van der Waals surface area contributed by atoms with Crippen LogP contribution in [0.1, 0.15) is 16.7 Å². The maximum atomic E-state index is 9.81. The van der Waals surface area contributed by atoms with Gasteiger partial charge >= 0.3 is 0 Å². The molecule has 0 fully saturated rings. The minimum atomic E-state index is 0.168. The summed E-state index contributed by atoms with van der Waals surface area (Å²) < 4.78 is 5.24. The van der Waals surface area contributed by atoms with Gasteiger partial charge in [0.05, 0.1) is 7.11 Å². The van der Waals surface area contributed by atoms with Crippen LogP contribution in [-0.2, 0) is 19.5 Å². The van der Waals surface area contributed by atoms with E-state index in [4.69, 9.17) is 4.74 Å². The van der Waals surface area contributed by atoms with E-state index in [2.05, 4.69) is 34.1 Å². The minimum absolute atomic E-state index is 0.168. The summed E-state index contributed by atoms with van der Waals surface area (Å²) in [5.41, 5.74) is 3.68. The fourth-order valence-corrected chi connectivity index (χ4v) is 2.97. The summed E-state index contributed by atoms with van der Waals surface area (Å²) in [7, 11) is 1.57. The third-order valence-corrected chi connectivity index (χ3v) is 4.37. The van der Waals surface area contributed by atoms with Crippen molar-refractivity contribution in [1.29, 1.82) is 0 Å². The lowest BCUT2D eigenvalue weighted by Crippen LogP contribution is -2.25. The molecule has 1 N–H and O–H groups in total. The van der Waals surface area contributed by atoms with Crippen LogP contribution in [0.4, 0.5) is 0 Å². The van der Waals surface area contributed by atoms with Gasteiger partial charge in [-0.25, -0.2) is 0 Å². The predicted molar refractivity (Wildman–Crippen MR) is 103 cm³/mol. The van der Waals surface area contributed by atoms with Gasteiger partial charge in [0.1, 0.15) is 0 Å². The fraction of sp³-hybridized carbons (Fsp3) is 0.227. The first-order valence-corrected chi connectivity index (χ1v) is 8.75. The Morgan fingerprint density at radius 3 is 2.35 bits per heavy atom. The van der Waals surface area contributed by atoms with Crippen LogP contribution in [0.5, 0.6) is 11.5 Å². The third kappa shape index (κ3) is 5.07. The van der Waals surface area contributed by atoms with Gasteiger partial charge in [0.15, 0.2) is 11.5 Å². The van der Waals surface area contributed by atoms with Crippen molar-refractivity contribution in [3.05, 3.63) is 89.7 Å². The molecule has 3 aromatic rings. The molecule has 0 radical (unpaired) electrons. The molecular weight excluding hydrogens is 324 g/mol. The number of nitrogens with zero attached hydrogens (tertiary/aromatic N) is 2. The van der Waals surface area contributed by atoms with Gasteiger partial charge in [0, 0.05) is 32.0 Å². The second-order valence-electron chi connectivity index (χ2n) is 6.31. The van der Waals surface area contributed by atoms with Crippen molar-refractivity contribution in [3.8, 4) is 11.5 Å². The molecule has 0 amide bonds. The van der Waals surface area contributed by atoms with Crippen molar-refractivity contribution in [1.82, 2.24) is 9.88 Å². The van der Waals surface area contributed by atoms with E-state index in [-0.39, 0.29) is 5.75 Å². The van der Waals surface area contributed by atoms with E-state index >= 15 is 0 Å². The average molecular weight is 348 g/mol. The molecule has 0 unspecified atom stereocenters. The molecule has 1 heterocycles. The van der Waals surface area contributed by atoms with Crippen LogP contribution in [0.2, 0.25) is 0 Å². The molecule has 0 aliphatic carbocycles. The molecule has 0 aliphatic rings. The molecule has 134 valence electrons. The van der Waals surface area contributed by atoms with Gasteiger partial charge in [-0.05, 0) is 47.4 Å². The number of hydrogen-bond acceptors (Lipinski definition) is 4. The van der Waals surface area contributed by atoms with Gasteiger partial charge in [0.25, 0.3) is 0 Å². The van der Waals surface area contributed by atoms with Gasteiger partial charge in [-0.1, -0.05) is 36.4 Å². The van der Waals surface area contributed by atoms with Crippen molar-refractivity contribution >= 4 is 0 Å². The van der Waals surface area contributed by atoms with Crippen LogP contribution in [0.25, 0.3) is 0 Å². The summed E-state index contributed by atoms with van der Waals surface area (Å²) >= 11 is 0. The van der Waals surface area contributed by atoms with E-state index < -0.39 is 0 Å². The second-order valence-corrected chi connectivity index (χ2v) is 6.31. The molecule has 0 aliphatic heterocycles. The number of aromatic nitrogens is 1. The van der Waals surface area contributed by atoms with Crippen LogP contribution in [-0.4, -0.2) is 28.6 Å². The number of benzene rings is 2. The van der Waals surface area contributed by atoms with Crippen LogP contribution in [0.15, 0.2) is 73.1 Å². The van der Waals surface area contributed by atoms with Crippen molar-refractivity contribution in [2.45, 2.75) is 19.5 Å². The molecular formula is C22H24N2O2. The zero-order valence-electron chi connectivity index (χ0n) is 15.0. The zero-order valence-corrected chi connectivity index (χ0v) is 15.0. The van der Waals surface area contributed by atoms with Crippen LogP contribution < -0.4 is 4.74 Å². The Hall–Kier alpha value is -2.85. The number of hydrogen-bond donors (Lipinski definition) is 1. The molecule has 0 atom stereocenters. The molecule has 0 bridgehead atoms. The Morgan fingerprint density at radius 1 is 0.885 bits per heavy atom. The number of pyridine rings is 1. The highest BCUT2D eigenvalue weighted by Crippen LogP contribution is 2.27. The standard InChI is InChI=1S/C22H24N2O2/c1-26-22-15-20(7-8-21(22)25)17-24(16-19-9-12-23-13-10-19)14-11-18-5-3-2-4-6-18/h2-10,12-13,15,25H,11,14,16-17H2,1H3. The van der Waals surface area contributed by atoms with Gasteiger partial charge < -0.3 is 9.84 Å². The van der Waals surface area contributed by atoms with Crippen molar-refractivity contribution in [2.75, 3.05) is 13.7 Å². The average Bonchev–Trinajstić information content (AvgIpc) is 2.69. The Morgan fingerprint density at radius 2 is 1.62 bits per heavy atom. The lowest BCUT2D eigenvalue weighted by atomic mass is 10.1. The topological polar surface area (TPSA) is 45.6 Å². The zero-order chi connectivity index (χ0) is 18.2. The smallest absolute Gasteiger partial charge is 0.160 e.